The third-order valence-electron chi connectivity index (χ3n) is 4.59. The number of hydrogen-bond donors (Lipinski definition) is 4. The Hall–Kier alpha value is -1.46. The van der Waals surface area contributed by atoms with E-state index < -0.39 is 5.97 Å². The van der Waals surface area contributed by atoms with Crippen LogP contribution in [0.3, 0.4) is 0 Å². The minimum Gasteiger partial charge on any atom is -0.481 e. The van der Waals surface area contributed by atoms with Gasteiger partial charge in [0.1, 0.15) is 0 Å². The van der Waals surface area contributed by atoms with Crippen LogP contribution in [0.2, 0.25) is 0 Å². The highest BCUT2D eigenvalue weighted by Crippen LogP contribution is 2.09. The predicted octanol–water partition coefficient (Wildman–Crippen LogP) is 5.51. The Balaban J connectivity index is 0. The molecule has 0 unspecified atom stereocenters. The zero-order valence-electron chi connectivity index (χ0n) is 18.7. The summed E-state index contributed by atoms with van der Waals surface area (Å²) in [6.45, 7) is 5.32. The van der Waals surface area contributed by atoms with Gasteiger partial charge in [-0.05, 0) is 12.8 Å². The lowest BCUT2D eigenvalue weighted by Crippen LogP contribution is -2.26. The normalized spacial score (nSPS) is 10.1. The lowest BCUT2D eigenvalue weighted by molar-refractivity contribution is -0.137. The van der Waals surface area contributed by atoms with Crippen LogP contribution >= 0.6 is 0 Å². The molecule has 0 rings (SSSR count). The first-order valence-electron chi connectivity index (χ1n) is 11.6. The number of carboxylic acid groups (broad SMARTS) is 1. The van der Waals surface area contributed by atoms with E-state index in [1.807, 2.05) is 0 Å². The van der Waals surface area contributed by atoms with E-state index >= 15 is 0 Å². The molecule has 0 aromatic heterocycles. The van der Waals surface area contributed by atoms with Crippen LogP contribution in [-0.4, -0.2) is 23.6 Å². The van der Waals surface area contributed by atoms with Crippen LogP contribution in [0.25, 0.3) is 0 Å². The van der Waals surface area contributed by atoms with Gasteiger partial charge in [0.05, 0.1) is 0 Å². The average Bonchev–Trinajstić information content (AvgIpc) is 2.65. The van der Waals surface area contributed by atoms with E-state index in [9.17, 15) is 4.79 Å². The Labute approximate surface area is 173 Å². The lowest BCUT2D eigenvalue weighted by atomic mass is 10.1. The van der Waals surface area contributed by atoms with Crippen LogP contribution < -0.4 is 16.9 Å². The molecule has 0 fully saturated rings. The summed E-state index contributed by atoms with van der Waals surface area (Å²) in [7, 11) is 0. The molecule has 0 heterocycles. The molecule has 0 aromatic rings. The fraction of sp³-hybridized carbons (Fsp3) is 0.909. The largest absolute Gasteiger partial charge is 0.481 e. The first kappa shape index (κ1) is 28.7. The van der Waals surface area contributed by atoms with Gasteiger partial charge in [0, 0.05) is 13.0 Å². The van der Waals surface area contributed by atoms with Crippen molar-refractivity contribution in [1.29, 1.82) is 0 Å². The number of aliphatic carboxylic acids is 1. The van der Waals surface area contributed by atoms with Gasteiger partial charge in [0.2, 0.25) is 5.96 Å². The minimum atomic E-state index is -0.663. The van der Waals surface area contributed by atoms with Crippen LogP contribution in [0.15, 0.2) is 5.10 Å². The molecular formula is C22H48N4O2. The Kier molecular flexibility index (Phi) is 26.2. The molecule has 0 radical (unpaired) electrons. The van der Waals surface area contributed by atoms with Gasteiger partial charge in [-0.1, -0.05) is 104 Å². The van der Waals surface area contributed by atoms with Crippen molar-refractivity contribution >= 4 is 11.9 Å². The van der Waals surface area contributed by atoms with Crippen LogP contribution in [0.4, 0.5) is 0 Å². The molecule has 168 valence electrons. The van der Waals surface area contributed by atoms with E-state index in [0.717, 1.165) is 25.8 Å². The number of hydrogen-bond acceptors (Lipinski definition) is 3. The summed E-state index contributed by atoms with van der Waals surface area (Å²) in [5.74, 6) is -0.556. The summed E-state index contributed by atoms with van der Waals surface area (Å²) in [6.07, 6.45) is 20.7. The maximum absolute atomic E-state index is 10.1. The Morgan fingerprint density at radius 1 is 0.714 bits per heavy atom. The van der Waals surface area contributed by atoms with Crippen molar-refractivity contribution in [2.24, 2.45) is 16.6 Å². The molecule has 6 heteroatoms. The molecular weight excluding hydrogens is 352 g/mol. The molecule has 0 aliphatic rings. The smallest absolute Gasteiger partial charge is 0.303 e. The number of carbonyl (C=O) groups is 1. The number of nitrogens with zero attached hydrogens (tertiary/aromatic N) is 1. The van der Waals surface area contributed by atoms with Gasteiger partial charge in [0.25, 0.3) is 0 Å². The SMILES string of the molecule is CCCCCCCCCC(=O)O.CCCCCCCCCCCNN=C(N)N. The Morgan fingerprint density at radius 3 is 1.50 bits per heavy atom. The first-order valence-corrected chi connectivity index (χ1v) is 11.6. The summed E-state index contributed by atoms with van der Waals surface area (Å²) < 4.78 is 0. The van der Waals surface area contributed by atoms with Crippen molar-refractivity contribution in [1.82, 2.24) is 5.43 Å². The number of rotatable bonds is 19. The second kappa shape index (κ2) is 25.5. The summed E-state index contributed by atoms with van der Waals surface area (Å²) >= 11 is 0. The second-order valence-electron chi connectivity index (χ2n) is 7.54. The zero-order valence-corrected chi connectivity index (χ0v) is 18.7. The molecule has 0 saturated carbocycles. The highest BCUT2D eigenvalue weighted by atomic mass is 16.4. The monoisotopic (exact) mass is 400 g/mol. The molecule has 28 heavy (non-hydrogen) atoms. The molecule has 0 aromatic carbocycles. The number of hydrazone groups is 1. The van der Waals surface area contributed by atoms with Gasteiger partial charge in [-0.3, -0.25) is 4.79 Å². The predicted molar refractivity (Wildman–Crippen MR) is 121 cm³/mol. The molecule has 0 aliphatic carbocycles. The maximum Gasteiger partial charge on any atom is 0.303 e. The van der Waals surface area contributed by atoms with Crippen LogP contribution in [0.5, 0.6) is 0 Å². The molecule has 0 amide bonds. The molecule has 6 N–H and O–H groups in total. The van der Waals surface area contributed by atoms with Crippen LogP contribution in [-0.2, 0) is 4.79 Å². The van der Waals surface area contributed by atoms with E-state index in [4.69, 9.17) is 16.6 Å². The van der Waals surface area contributed by atoms with Gasteiger partial charge in [-0.25, -0.2) is 0 Å². The maximum atomic E-state index is 10.1. The third-order valence-corrected chi connectivity index (χ3v) is 4.59. The standard InChI is InChI=1S/C12H28N4.C10H20O2/c1-2-3-4-5-6-7-8-9-10-11-15-16-12(13)14;1-2-3-4-5-6-7-8-9-10(11)12/h15H,2-11H2,1H3,(H4,13,14,16);2-9H2,1H3,(H,11,12). The fourth-order valence-electron chi connectivity index (χ4n) is 2.90. The average molecular weight is 401 g/mol. The van der Waals surface area contributed by atoms with Gasteiger partial charge in [-0.15, -0.1) is 5.10 Å². The molecule has 0 atom stereocenters. The highest BCUT2D eigenvalue weighted by Gasteiger charge is 1.95. The number of carboxylic acids is 1. The van der Waals surface area contributed by atoms with Crippen LogP contribution in [0.1, 0.15) is 123 Å². The van der Waals surface area contributed by atoms with Crippen molar-refractivity contribution in [3.63, 3.8) is 0 Å². The summed E-state index contributed by atoms with van der Waals surface area (Å²) in [5.41, 5.74) is 13.2. The van der Waals surface area contributed by atoms with Crippen molar-refractivity contribution in [2.45, 2.75) is 123 Å². The first-order chi connectivity index (χ1) is 13.5. The van der Waals surface area contributed by atoms with E-state index in [2.05, 4.69) is 24.4 Å². The molecule has 0 spiro atoms. The number of guanidine groups is 1. The molecule has 0 aliphatic heterocycles. The van der Waals surface area contributed by atoms with Crippen molar-refractivity contribution in [3.05, 3.63) is 0 Å². The number of nitrogens with two attached hydrogens (primary N) is 2. The summed E-state index contributed by atoms with van der Waals surface area (Å²) in [4.78, 5) is 10.1. The van der Waals surface area contributed by atoms with E-state index in [1.165, 1.54) is 83.5 Å². The molecule has 0 bridgehead atoms. The fourth-order valence-corrected chi connectivity index (χ4v) is 2.90. The van der Waals surface area contributed by atoms with Crippen molar-refractivity contribution < 1.29 is 9.90 Å². The lowest BCUT2D eigenvalue weighted by Gasteiger charge is -2.02. The van der Waals surface area contributed by atoms with Gasteiger partial charge < -0.3 is 22.0 Å². The Bertz CT molecular complexity index is 345. The topological polar surface area (TPSA) is 114 Å². The van der Waals surface area contributed by atoms with Gasteiger partial charge in [-0.2, -0.15) is 0 Å². The quantitative estimate of drug-likeness (QED) is 0.0988. The second-order valence-corrected chi connectivity index (χ2v) is 7.54. The van der Waals surface area contributed by atoms with Crippen molar-refractivity contribution in [2.75, 3.05) is 6.54 Å². The van der Waals surface area contributed by atoms with Gasteiger partial charge in [0.15, 0.2) is 0 Å². The Morgan fingerprint density at radius 2 is 1.11 bits per heavy atom. The molecule has 6 nitrogen and oxygen atoms in total. The van der Waals surface area contributed by atoms with Crippen molar-refractivity contribution in [3.8, 4) is 0 Å². The molecule has 0 saturated heterocycles. The van der Waals surface area contributed by atoms with E-state index in [1.54, 1.807) is 0 Å². The van der Waals surface area contributed by atoms with Crippen LogP contribution in [0, 0.1) is 0 Å². The van der Waals surface area contributed by atoms with Gasteiger partial charge >= 0.3 is 5.97 Å². The number of unbranched alkanes of at least 4 members (excludes halogenated alkanes) is 14. The third kappa shape index (κ3) is 32.2. The van der Waals surface area contributed by atoms with E-state index in [0.29, 0.717) is 6.42 Å². The number of nitrogens with one attached hydrogen (secondary N) is 1. The summed E-state index contributed by atoms with van der Waals surface area (Å²) in [6, 6.07) is 0. The zero-order chi connectivity index (χ0) is 21.3. The van der Waals surface area contributed by atoms with E-state index in [-0.39, 0.29) is 5.96 Å². The minimum absolute atomic E-state index is 0.107. The summed E-state index contributed by atoms with van der Waals surface area (Å²) in [5, 5.41) is 12.1. The highest BCUT2D eigenvalue weighted by molar-refractivity contribution is 5.75.